The number of nitrogens with two attached hydrogens (primary N) is 1. The van der Waals surface area contributed by atoms with E-state index in [9.17, 15) is 5.11 Å². The number of aliphatic hydroxyl groups is 1. The predicted octanol–water partition coefficient (Wildman–Crippen LogP) is 2.30. The second-order valence-electron chi connectivity index (χ2n) is 5.03. The minimum Gasteiger partial charge on any atom is -0.390 e. The number of rotatable bonds is 4. The van der Waals surface area contributed by atoms with Crippen LogP contribution in [0, 0.1) is 11.8 Å². The summed E-state index contributed by atoms with van der Waals surface area (Å²) in [6, 6.07) is 0. The van der Waals surface area contributed by atoms with Gasteiger partial charge in [-0.1, -0.05) is 26.2 Å². The van der Waals surface area contributed by atoms with E-state index in [2.05, 4.69) is 6.92 Å². The fraction of sp³-hybridized carbons (Fsp3) is 1.00. The van der Waals surface area contributed by atoms with Gasteiger partial charge in [-0.25, -0.2) is 0 Å². The van der Waals surface area contributed by atoms with Crippen LogP contribution in [0.3, 0.4) is 0 Å². The van der Waals surface area contributed by atoms with Crippen LogP contribution < -0.4 is 5.73 Å². The van der Waals surface area contributed by atoms with E-state index in [1.54, 1.807) is 0 Å². The van der Waals surface area contributed by atoms with Gasteiger partial charge in [0.25, 0.3) is 0 Å². The molecular weight excluding hydrogens is 174 g/mol. The van der Waals surface area contributed by atoms with E-state index < -0.39 is 5.60 Å². The third kappa shape index (κ3) is 2.96. The van der Waals surface area contributed by atoms with E-state index in [4.69, 9.17) is 5.73 Å². The van der Waals surface area contributed by atoms with Crippen LogP contribution in [-0.2, 0) is 0 Å². The van der Waals surface area contributed by atoms with Crippen molar-refractivity contribution in [2.45, 2.75) is 58.0 Å². The number of hydrogen-bond donors (Lipinski definition) is 2. The van der Waals surface area contributed by atoms with Crippen molar-refractivity contribution >= 4 is 0 Å². The van der Waals surface area contributed by atoms with Crippen LogP contribution in [0.25, 0.3) is 0 Å². The van der Waals surface area contributed by atoms with Crippen molar-refractivity contribution in [3.05, 3.63) is 0 Å². The lowest BCUT2D eigenvalue weighted by atomic mass is 9.71. The van der Waals surface area contributed by atoms with Crippen LogP contribution in [-0.4, -0.2) is 17.3 Å². The van der Waals surface area contributed by atoms with Crippen LogP contribution in [0.5, 0.6) is 0 Å². The molecule has 0 aromatic rings. The maximum Gasteiger partial charge on any atom is 0.0659 e. The normalized spacial score (nSPS) is 32.6. The van der Waals surface area contributed by atoms with Crippen molar-refractivity contribution < 1.29 is 5.11 Å². The summed E-state index contributed by atoms with van der Waals surface area (Å²) < 4.78 is 0. The smallest absolute Gasteiger partial charge is 0.0659 e. The van der Waals surface area contributed by atoms with Crippen molar-refractivity contribution in [2.75, 3.05) is 6.54 Å². The first-order valence-electron chi connectivity index (χ1n) is 6.02. The van der Waals surface area contributed by atoms with Gasteiger partial charge in [0.2, 0.25) is 0 Å². The summed E-state index contributed by atoms with van der Waals surface area (Å²) in [5.74, 6) is 1.31. The molecule has 3 atom stereocenters. The summed E-state index contributed by atoms with van der Waals surface area (Å²) in [6.07, 6.45) is 7.02. The van der Waals surface area contributed by atoms with E-state index in [0.29, 0.717) is 12.5 Å². The molecule has 2 nitrogen and oxygen atoms in total. The lowest BCUT2D eigenvalue weighted by Crippen LogP contribution is -2.39. The highest BCUT2D eigenvalue weighted by Gasteiger charge is 2.34. The summed E-state index contributed by atoms with van der Waals surface area (Å²) in [6.45, 7) is 4.81. The highest BCUT2D eigenvalue weighted by atomic mass is 16.3. The summed E-state index contributed by atoms with van der Waals surface area (Å²) in [7, 11) is 0. The first kappa shape index (κ1) is 12.0. The second-order valence-corrected chi connectivity index (χ2v) is 5.03. The molecule has 3 N–H and O–H groups in total. The molecule has 0 bridgehead atoms. The molecule has 14 heavy (non-hydrogen) atoms. The Morgan fingerprint density at radius 1 is 1.43 bits per heavy atom. The zero-order valence-electron chi connectivity index (χ0n) is 9.63. The quantitative estimate of drug-likeness (QED) is 0.730. The van der Waals surface area contributed by atoms with Gasteiger partial charge >= 0.3 is 0 Å². The van der Waals surface area contributed by atoms with Crippen molar-refractivity contribution in [3.63, 3.8) is 0 Å². The van der Waals surface area contributed by atoms with Crippen molar-refractivity contribution in [1.29, 1.82) is 0 Å². The Balaban J connectivity index is 2.49. The van der Waals surface area contributed by atoms with E-state index in [-0.39, 0.29) is 0 Å². The first-order chi connectivity index (χ1) is 6.60. The summed E-state index contributed by atoms with van der Waals surface area (Å²) in [4.78, 5) is 0. The minimum absolute atomic E-state index is 0.477. The summed E-state index contributed by atoms with van der Waals surface area (Å²) >= 11 is 0. The van der Waals surface area contributed by atoms with Crippen LogP contribution >= 0.6 is 0 Å². The highest BCUT2D eigenvalue weighted by Crippen LogP contribution is 2.38. The standard InChI is InChI=1S/C12H25NO/c1-3-10-5-4-6-11(9-10)12(2,14)7-8-13/h10-11,14H,3-9,13H2,1-2H3. The minimum atomic E-state index is -0.525. The Kier molecular flexibility index (Phi) is 4.39. The largest absolute Gasteiger partial charge is 0.390 e. The molecule has 84 valence electrons. The topological polar surface area (TPSA) is 46.2 Å². The molecule has 1 rings (SSSR count). The third-order valence-electron chi connectivity index (χ3n) is 3.89. The fourth-order valence-corrected chi connectivity index (χ4v) is 2.72. The molecule has 2 heteroatoms. The number of hydrogen-bond acceptors (Lipinski definition) is 2. The van der Waals surface area contributed by atoms with Gasteiger partial charge in [0.05, 0.1) is 5.60 Å². The average Bonchev–Trinajstić information content (AvgIpc) is 2.18. The SMILES string of the molecule is CCC1CCCC(C(C)(O)CCN)C1. The maximum atomic E-state index is 10.3. The predicted molar refractivity (Wildman–Crippen MR) is 60.0 cm³/mol. The molecule has 0 amide bonds. The Morgan fingerprint density at radius 3 is 2.71 bits per heavy atom. The molecule has 1 aliphatic rings. The zero-order chi connectivity index (χ0) is 10.6. The molecule has 0 aromatic heterocycles. The van der Waals surface area contributed by atoms with Crippen LogP contribution in [0.15, 0.2) is 0 Å². The molecule has 0 aromatic carbocycles. The molecule has 1 saturated carbocycles. The molecule has 0 aliphatic heterocycles. The van der Waals surface area contributed by atoms with Gasteiger partial charge in [0, 0.05) is 0 Å². The molecule has 0 heterocycles. The van der Waals surface area contributed by atoms with Gasteiger partial charge in [0.15, 0.2) is 0 Å². The maximum absolute atomic E-state index is 10.3. The second kappa shape index (κ2) is 5.13. The Hall–Kier alpha value is -0.0800. The zero-order valence-corrected chi connectivity index (χ0v) is 9.63. The van der Waals surface area contributed by atoms with E-state index in [0.717, 1.165) is 12.3 Å². The van der Waals surface area contributed by atoms with Crippen LogP contribution in [0.1, 0.15) is 52.4 Å². The van der Waals surface area contributed by atoms with E-state index >= 15 is 0 Å². The Morgan fingerprint density at radius 2 is 2.14 bits per heavy atom. The van der Waals surface area contributed by atoms with Crippen molar-refractivity contribution in [3.8, 4) is 0 Å². The molecule has 3 unspecified atom stereocenters. The highest BCUT2D eigenvalue weighted by molar-refractivity contribution is 4.86. The molecular formula is C12H25NO. The van der Waals surface area contributed by atoms with Crippen molar-refractivity contribution in [1.82, 2.24) is 0 Å². The van der Waals surface area contributed by atoms with Crippen LogP contribution in [0.2, 0.25) is 0 Å². The lowest BCUT2D eigenvalue weighted by molar-refractivity contribution is -0.0306. The van der Waals surface area contributed by atoms with Gasteiger partial charge in [-0.3, -0.25) is 0 Å². The molecule has 1 aliphatic carbocycles. The van der Waals surface area contributed by atoms with E-state index in [1.807, 2.05) is 6.92 Å². The van der Waals surface area contributed by atoms with Gasteiger partial charge in [0.1, 0.15) is 0 Å². The first-order valence-corrected chi connectivity index (χ1v) is 6.02. The third-order valence-corrected chi connectivity index (χ3v) is 3.89. The van der Waals surface area contributed by atoms with Crippen LogP contribution in [0.4, 0.5) is 0 Å². The molecule has 0 radical (unpaired) electrons. The molecule has 0 spiro atoms. The van der Waals surface area contributed by atoms with Gasteiger partial charge < -0.3 is 10.8 Å². The van der Waals surface area contributed by atoms with Gasteiger partial charge in [-0.2, -0.15) is 0 Å². The van der Waals surface area contributed by atoms with Gasteiger partial charge in [-0.05, 0) is 44.6 Å². The van der Waals surface area contributed by atoms with Crippen molar-refractivity contribution in [2.24, 2.45) is 17.6 Å². The van der Waals surface area contributed by atoms with Gasteiger partial charge in [-0.15, -0.1) is 0 Å². The lowest BCUT2D eigenvalue weighted by Gasteiger charge is -2.38. The Labute approximate surface area is 87.9 Å². The summed E-state index contributed by atoms with van der Waals surface area (Å²) in [5.41, 5.74) is 5.00. The average molecular weight is 199 g/mol. The molecule has 1 fully saturated rings. The fourth-order valence-electron chi connectivity index (χ4n) is 2.72. The van der Waals surface area contributed by atoms with E-state index in [1.165, 1.54) is 32.1 Å². The monoisotopic (exact) mass is 199 g/mol. The molecule has 0 saturated heterocycles. The summed E-state index contributed by atoms with van der Waals surface area (Å²) in [5, 5.41) is 10.3. The Bertz CT molecular complexity index is 168.